The average molecular weight is 285 g/mol. The van der Waals surface area contributed by atoms with E-state index in [2.05, 4.69) is 39.9 Å². The van der Waals surface area contributed by atoms with Gasteiger partial charge in [-0.1, -0.05) is 34.6 Å². The lowest BCUT2D eigenvalue weighted by atomic mass is 9.74. The first-order valence-corrected chi connectivity index (χ1v) is 7.36. The van der Waals surface area contributed by atoms with E-state index in [4.69, 9.17) is 4.74 Å². The van der Waals surface area contributed by atoms with Crippen molar-refractivity contribution >= 4 is 6.09 Å². The first-order valence-electron chi connectivity index (χ1n) is 7.36. The Morgan fingerprint density at radius 3 is 1.95 bits per heavy atom. The molecule has 0 heterocycles. The quantitative estimate of drug-likeness (QED) is 0.836. The average Bonchev–Trinajstić information content (AvgIpc) is 2.74. The second-order valence-electron chi connectivity index (χ2n) is 8.82. The van der Waals surface area contributed by atoms with Crippen LogP contribution in [0.4, 0.5) is 4.79 Å². The molecule has 118 valence electrons. The highest BCUT2D eigenvalue weighted by Gasteiger charge is 2.67. The van der Waals surface area contributed by atoms with Crippen LogP contribution in [0.1, 0.15) is 61.8 Å². The van der Waals surface area contributed by atoms with Gasteiger partial charge in [0.1, 0.15) is 5.60 Å². The van der Waals surface area contributed by atoms with E-state index < -0.39 is 11.7 Å². The summed E-state index contributed by atoms with van der Waals surface area (Å²) in [5.74, 6) is 0. The molecule has 0 aromatic carbocycles. The van der Waals surface area contributed by atoms with Crippen LogP contribution in [0.5, 0.6) is 0 Å². The molecular weight excluding hydrogens is 254 g/mol. The van der Waals surface area contributed by atoms with Crippen LogP contribution >= 0.6 is 0 Å². The Bertz CT molecular complexity index is 376. The minimum absolute atomic E-state index is 0.0364. The van der Waals surface area contributed by atoms with Crippen LogP contribution in [0.15, 0.2) is 0 Å². The molecule has 0 aliphatic heterocycles. The minimum Gasteiger partial charge on any atom is -0.444 e. The zero-order chi connectivity index (χ0) is 16.0. The van der Waals surface area contributed by atoms with E-state index in [0.29, 0.717) is 0 Å². The number of carbonyl (C=O) groups is 1. The van der Waals surface area contributed by atoms with Gasteiger partial charge in [-0.2, -0.15) is 0 Å². The van der Waals surface area contributed by atoms with Crippen LogP contribution in [-0.4, -0.2) is 29.4 Å². The number of rotatable bonds is 3. The third-order valence-electron chi connectivity index (χ3n) is 4.34. The molecule has 1 amide bonds. The molecule has 0 bridgehead atoms. The Labute approximate surface area is 123 Å². The van der Waals surface area contributed by atoms with Gasteiger partial charge in [0.2, 0.25) is 0 Å². The number of carbonyl (C=O) groups excluding carboxylic acids is 1. The molecule has 0 spiro atoms. The second-order valence-corrected chi connectivity index (χ2v) is 8.82. The number of aliphatic hydroxyl groups excluding tert-OH is 1. The summed E-state index contributed by atoms with van der Waals surface area (Å²) in [7, 11) is 0. The van der Waals surface area contributed by atoms with Gasteiger partial charge in [-0.3, -0.25) is 0 Å². The van der Waals surface area contributed by atoms with Gasteiger partial charge < -0.3 is 15.2 Å². The number of aliphatic hydroxyl groups is 1. The van der Waals surface area contributed by atoms with Gasteiger partial charge in [0.15, 0.2) is 0 Å². The largest absolute Gasteiger partial charge is 0.444 e. The SMILES string of the molecule is CC(C)(C)OC(=O)NC(C(C)(C)C)C1(CO)CC1(C)C. The van der Waals surface area contributed by atoms with Gasteiger partial charge in [0, 0.05) is 11.5 Å². The van der Waals surface area contributed by atoms with Crippen molar-refractivity contribution in [1.29, 1.82) is 0 Å². The van der Waals surface area contributed by atoms with E-state index in [1.54, 1.807) is 0 Å². The predicted molar refractivity (Wildman–Crippen MR) is 80.5 cm³/mol. The van der Waals surface area contributed by atoms with Gasteiger partial charge in [-0.25, -0.2) is 4.79 Å². The molecule has 2 N–H and O–H groups in total. The van der Waals surface area contributed by atoms with Crippen molar-refractivity contribution in [2.75, 3.05) is 6.61 Å². The van der Waals surface area contributed by atoms with Crippen molar-refractivity contribution in [3.05, 3.63) is 0 Å². The van der Waals surface area contributed by atoms with Gasteiger partial charge >= 0.3 is 6.09 Å². The predicted octanol–water partition coefficient (Wildman–Crippen LogP) is 3.33. The Morgan fingerprint density at radius 2 is 1.70 bits per heavy atom. The molecule has 1 aliphatic rings. The van der Waals surface area contributed by atoms with Crippen LogP contribution in [0, 0.1) is 16.2 Å². The molecule has 1 fully saturated rings. The van der Waals surface area contributed by atoms with Crippen LogP contribution in [0.3, 0.4) is 0 Å². The lowest BCUT2D eigenvalue weighted by Crippen LogP contribution is -2.53. The zero-order valence-corrected chi connectivity index (χ0v) is 14.3. The molecule has 2 atom stereocenters. The molecule has 0 aromatic rings. The third kappa shape index (κ3) is 3.46. The summed E-state index contributed by atoms with van der Waals surface area (Å²) in [6.07, 6.45) is 0.502. The van der Waals surface area contributed by atoms with E-state index in [-0.39, 0.29) is 28.9 Å². The highest BCUT2D eigenvalue weighted by atomic mass is 16.6. The maximum absolute atomic E-state index is 12.1. The molecular formula is C16H31NO3. The van der Waals surface area contributed by atoms with Crippen molar-refractivity contribution in [1.82, 2.24) is 5.32 Å². The summed E-state index contributed by atoms with van der Waals surface area (Å²) in [6, 6.07) is -0.121. The van der Waals surface area contributed by atoms with Gasteiger partial charge in [0.05, 0.1) is 6.61 Å². The molecule has 1 aliphatic carbocycles. The first-order chi connectivity index (χ1) is 8.75. The Morgan fingerprint density at radius 1 is 1.25 bits per heavy atom. The van der Waals surface area contributed by atoms with Crippen molar-refractivity contribution in [2.45, 2.75) is 73.5 Å². The topological polar surface area (TPSA) is 58.6 Å². The van der Waals surface area contributed by atoms with Gasteiger partial charge in [-0.05, 0) is 38.0 Å². The number of nitrogens with one attached hydrogen (secondary N) is 1. The summed E-state index contributed by atoms with van der Waals surface area (Å²) < 4.78 is 5.37. The van der Waals surface area contributed by atoms with E-state index in [1.807, 2.05) is 20.8 Å². The summed E-state index contributed by atoms with van der Waals surface area (Å²) >= 11 is 0. The fourth-order valence-electron chi connectivity index (χ4n) is 3.21. The number of ether oxygens (including phenoxy) is 1. The highest BCUT2D eigenvalue weighted by Crippen LogP contribution is 2.67. The molecule has 20 heavy (non-hydrogen) atoms. The summed E-state index contributed by atoms with van der Waals surface area (Å²) in [5.41, 5.74) is -0.887. The van der Waals surface area contributed by atoms with Crippen molar-refractivity contribution < 1.29 is 14.6 Å². The number of amides is 1. The highest BCUT2D eigenvalue weighted by molar-refractivity contribution is 5.68. The van der Waals surface area contributed by atoms with Gasteiger partial charge in [0.25, 0.3) is 0 Å². The molecule has 0 aromatic heterocycles. The van der Waals surface area contributed by atoms with E-state index in [1.165, 1.54) is 0 Å². The molecule has 2 unspecified atom stereocenters. The molecule has 1 saturated carbocycles. The monoisotopic (exact) mass is 285 g/mol. The Kier molecular flexibility index (Phi) is 4.24. The first kappa shape index (κ1) is 17.3. The van der Waals surface area contributed by atoms with Gasteiger partial charge in [-0.15, -0.1) is 0 Å². The van der Waals surface area contributed by atoms with Crippen molar-refractivity contribution in [3.8, 4) is 0 Å². The maximum Gasteiger partial charge on any atom is 0.407 e. The standard InChI is InChI=1S/C16H31NO3/c1-13(2,3)11(16(10-18)9-15(16,7)8)17-12(19)20-14(4,5)6/h11,18H,9-10H2,1-8H3,(H,17,19). The fraction of sp³-hybridized carbons (Fsp3) is 0.938. The normalized spacial score (nSPS) is 26.9. The Hall–Kier alpha value is -0.770. The van der Waals surface area contributed by atoms with Crippen LogP contribution in [0.2, 0.25) is 0 Å². The van der Waals surface area contributed by atoms with Crippen LogP contribution in [-0.2, 0) is 4.74 Å². The molecule has 1 rings (SSSR count). The maximum atomic E-state index is 12.1. The van der Waals surface area contributed by atoms with E-state index in [0.717, 1.165) is 6.42 Å². The molecule has 4 heteroatoms. The minimum atomic E-state index is -0.516. The second kappa shape index (κ2) is 4.90. The summed E-state index contributed by atoms with van der Waals surface area (Å²) in [5, 5.41) is 12.9. The van der Waals surface area contributed by atoms with Crippen LogP contribution < -0.4 is 5.32 Å². The lowest BCUT2D eigenvalue weighted by molar-refractivity contribution is 0.0307. The number of alkyl carbamates (subject to hydrolysis) is 1. The smallest absolute Gasteiger partial charge is 0.407 e. The zero-order valence-electron chi connectivity index (χ0n) is 14.3. The molecule has 0 saturated heterocycles. The molecule has 0 radical (unpaired) electrons. The Balaban J connectivity index is 2.92. The van der Waals surface area contributed by atoms with Crippen molar-refractivity contribution in [2.24, 2.45) is 16.2 Å². The van der Waals surface area contributed by atoms with E-state index >= 15 is 0 Å². The summed E-state index contributed by atoms with van der Waals surface area (Å²) in [4.78, 5) is 12.1. The van der Waals surface area contributed by atoms with E-state index in [9.17, 15) is 9.90 Å². The van der Waals surface area contributed by atoms with Crippen LogP contribution in [0.25, 0.3) is 0 Å². The summed E-state index contributed by atoms with van der Waals surface area (Å²) in [6.45, 7) is 16.2. The lowest BCUT2D eigenvalue weighted by Gasteiger charge is -2.39. The third-order valence-corrected chi connectivity index (χ3v) is 4.34. The fourth-order valence-corrected chi connectivity index (χ4v) is 3.21. The number of hydrogen-bond acceptors (Lipinski definition) is 3. The number of hydrogen-bond donors (Lipinski definition) is 2. The van der Waals surface area contributed by atoms with Crippen molar-refractivity contribution in [3.63, 3.8) is 0 Å². The molecule has 4 nitrogen and oxygen atoms in total.